The van der Waals surface area contributed by atoms with Crippen molar-refractivity contribution in [1.82, 2.24) is 4.90 Å². The molecule has 0 aliphatic carbocycles. The molecule has 6 nitrogen and oxygen atoms in total. The molecule has 0 radical (unpaired) electrons. The lowest BCUT2D eigenvalue weighted by Gasteiger charge is -2.28. The summed E-state index contributed by atoms with van der Waals surface area (Å²) in [4.78, 5) is 43.8. The molecule has 5 rings (SSSR count). The van der Waals surface area contributed by atoms with Gasteiger partial charge in [-0.25, -0.2) is 4.90 Å². The van der Waals surface area contributed by atoms with Crippen molar-refractivity contribution >= 4 is 34.9 Å². The van der Waals surface area contributed by atoms with E-state index in [9.17, 15) is 14.4 Å². The second kappa shape index (κ2) is 7.22. The third-order valence-corrected chi connectivity index (χ3v) is 6.80. The van der Waals surface area contributed by atoms with Crippen molar-refractivity contribution in [3.05, 3.63) is 59.1 Å². The van der Waals surface area contributed by atoms with E-state index < -0.39 is 17.9 Å². The van der Waals surface area contributed by atoms with Crippen LogP contribution in [0.5, 0.6) is 5.75 Å². The Bertz CT molecular complexity index is 1040. The molecule has 0 unspecified atom stereocenters. The number of ketones is 1. The number of imide groups is 1. The van der Waals surface area contributed by atoms with Gasteiger partial charge in [0.1, 0.15) is 5.75 Å². The van der Waals surface area contributed by atoms with Crippen LogP contribution in [0.2, 0.25) is 5.02 Å². The average Bonchev–Trinajstić information content (AvgIpc) is 3.40. The van der Waals surface area contributed by atoms with Gasteiger partial charge in [-0.2, -0.15) is 0 Å². The zero-order valence-corrected chi connectivity index (χ0v) is 17.2. The lowest BCUT2D eigenvalue weighted by atomic mass is 9.85. The summed E-state index contributed by atoms with van der Waals surface area (Å²) in [5.41, 5.74) is 0.901. The first-order chi connectivity index (χ1) is 14.5. The molecule has 3 heterocycles. The van der Waals surface area contributed by atoms with Crippen LogP contribution < -0.4 is 9.64 Å². The first kappa shape index (κ1) is 19.3. The summed E-state index contributed by atoms with van der Waals surface area (Å²) in [7, 11) is 1.49. The summed E-state index contributed by atoms with van der Waals surface area (Å²) >= 11 is 6.15. The van der Waals surface area contributed by atoms with E-state index in [1.165, 1.54) is 12.0 Å². The zero-order chi connectivity index (χ0) is 21.0. The molecule has 2 aromatic rings. The van der Waals surface area contributed by atoms with Gasteiger partial charge in [-0.3, -0.25) is 19.3 Å². The second-order valence-electron chi connectivity index (χ2n) is 8.00. The fourth-order valence-corrected chi connectivity index (χ4v) is 5.53. The van der Waals surface area contributed by atoms with Gasteiger partial charge >= 0.3 is 0 Å². The van der Waals surface area contributed by atoms with E-state index in [1.54, 1.807) is 30.3 Å². The Labute approximate surface area is 179 Å². The molecule has 2 aromatic carbocycles. The topological polar surface area (TPSA) is 66.9 Å². The van der Waals surface area contributed by atoms with Crippen molar-refractivity contribution in [1.29, 1.82) is 0 Å². The Morgan fingerprint density at radius 3 is 2.53 bits per heavy atom. The number of rotatable bonds is 4. The highest BCUT2D eigenvalue weighted by atomic mass is 35.5. The smallest absolute Gasteiger partial charge is 0.239 e. The minimum absolute atomic E-state index is 0.0979. The van der Waals surface area contributed by atoms with Crippen molar-refractivity contribution in [2.45, 2.75) is 24.9 Å². The number of ether oxygens (including phenoxy) is 1. The Hall–Kier alpha value is -2.70. The summed E-state index contributed by atoms with van der Waals surface area (Å²) in [5, 5.41) is 0.405. The number of carbonyl (C=O) groups is 3. The minimum Gasteiger partial charge on any atom is -0.495 e. The molecule has 0 aromatic heterocycles. The maximum atomic E-state index is 13.6. The van der Waals surface area contributed by atoms with Crippen LogP contribution >= 0.6 is 11.6 Å². The van der Waals surface area contributed by atoms with Crippen LogP contribution in [0, 0.1) is 11.8 Å². The predicted octanol–water partition coefficient (Wildman–Crippen LogP) is 3.18. The molecule has 3 fully saturated rings. The second-order valence-corrected chi connectivity index (χ2v) is 8.44. The van der Waals surface area contributed by atoms with Gasteiger partial charge in [0.15, 0.2) is 5.78 Å². The number of methoxy groups -OCH3 is 1. The SMILES string of the molecule is COc1ccc(Cl)cc1N1C(=O)[C@@H]2[C@H](C1=O)[C@H](C(=O)c1ccccc1)N1CCC[C@@H]21. The van der Waals surface area contributed by atoms with Gasteiger partial charge < -0.3 is 4.74 Å². The van der Waals surface area contributed by atoms with Crippen molar-refractivity contribution in [2.24, 2.45) is 11.8 Å². The normalized spacial score (nSPS) is 28.0. The molecular weight excluding hydrogens is 404 g/mol. The molecule has 30 heavy (non-hydrogen) atoms. The molecular formula is C23H21ClN2O4. The van der Waals surface area contributed by atoms with Crippen molar-refractivity contribution in [3.8, 4) is 5.75 Å². The van der Waals surface area contributed by atoms with Gasteiger partial charge in [0.2, 0.25) is 11.8 Å². The monoisotopic (exact) mass is 424 g/mol. The number of carbonyl (C=O) groups excluding carboxylic acids is 3. The van der Waals surface area contributed by atoms with E-state index in [4.69, 9.17) is 16.3 Å². The van der Waals surface area contributed by atoms with Crippen LogP contribution in [0.25, 0.3) is 0 Å². The van der Waals surface area contributed by atoms with Gasteiger partial charge in [-0.05, 0) is 37.6 Å². The van der Waals surface area contributed by atoms with Crippen LogP contribution in [0.15, 0.2) is 48.5 Å². The first-order valence-electron chi connectivity index (χ1n) is 10.1. The lowest BCUT2D eigenvalue weighted by molar-refractivity contribution is -0.123. The quantitative estimate of drug-likeness (QED) is 0.557. The number of hydrogen-bond donors (Lipinski definition) is 0. The number of nitrogens with zero attached hydrogens (tertiary/aromatic N) is 2. The Morgan fingerprint density at radius 1 is 1.07 bits per heavy atom. The Morgan fingerprint density at radius 2 is 1.80 bits per heavy atom. The van der Waals surface area contributed by atoms with Gasteiger partial charge in [0.25, 0.3) is 0 Å². The highest BCUT2D eigenvalue weighted by Crippen LogP contribution is 2.49. The van der Waals surface area contributed by atoms with Gasteiger partial charge in [-0.1, -0.05) is 41.9 Å². The third-order valence-electron chi connectivity index (χ3n) is 6.56. The highest BCUT2D eigenvalue weighted by molar-refractivity contribution is 6.32. The summed E-state index contributed by atoms with van der Waals surface area (Å²) in [6, 6.07) is 13.1. The third kappa shape index (κ3) is 2.71. The van der Waals surface area contributed by atoms with Crippen LogP contribution in [-0.2, 0) is 9.59 Å². The zero-order valence-electron chi connectivity index (χ0n) is 16.5. The molecule has 154 valence electrons. The number of halogens is 1. The minimum atomic E-state index is -0.695. The Balaban J connectivity index is 1.58. The molecule has 2 amide bonds. The van der Waals surface area contributed by atoms with Crippen molar-refractivity contribution in [3.63, 3.8) is 0 Å². The summed E-state index contributed by atoms with van der Waals surface area (Å²) in [6.07, 6.45) is 1.72. The van der Waals surface area contributed by atoms with E-state index in [0.717, 1.165) is 19.4 Å². The molecule has 7 heteroatoms. The van der Waals surface area contributed by atoms with Crippen LogP contribution in [0.1, 0.15) is 23.2 Å². The summed E-state index contributed by atoms with van der Waals surface area (Å²) < 4.78 is 5.38. The molecule has 3 saturated heterocycles. The fraction of sp³-hybridized carbons (Fsp3) is 0.348. The predicted molar refractivity (Wildman–Crippen MR) is 112 cm³/mol. The van der Waals surface area contributed by atoms with Crippen LogP contribution in [-0.4, -0.2) is 48.2 Å². The number of hydrogen-bond acceptors (Lipinski definition) is 5. The van der Waals surface area contributed by atoms with E-state index in [0.29, 0.717) is 22.0 Å². The largest absolute Gasteiger partial charge is 0.495 e. The van der Waals surface area contributed by atoms with Gasteiger partial charge in [-0.15, -0.1) is 0 Å². The molecule has 3 aliphatic heterocycles. The maximum absolute atomic E-state index is 13.6. The lowest BCUT2D eigenvalue weighted by Crippen LogP contribution is -2.46. The highest BCUT2D eigenvalue weighted by Gasteiger charge is 2.65. The van der Waals surface area contributed by atoms with Crippen molar-refractivity contribution < 1.29 is 19.1 Å². The van der Waals surface area contributed by atoms with Gasteiger partial charge in [0, 0.05) is 16.6 Å². The molecule has 3 aliphatic rings. The van der Waals surface area contributed by atoms with E-state index in [1.807, 2.05) is 18.2 Å². The number of benzene rings is 2. The summed E-state index contributed by atoms with van der Waals surface area (Å²) in [6.45, 7) is 0.724. The van der Waals surface area contributed by atoms with Crippen molar-refractivity contribution in [2.75, 3.05) is 18.6 Å². The standard InChI is InChI=1S/C23H21ClN2O4/c1-30-17-10-9-14(24)12-16(17)26-22(28)18-15-8-5-11-25(15)20(19(18)23(26)29)21(27)13-6-3-2-4-7-13/h2-4,6-7,9-10,12,15,18-20H,5,8,11H2,1H3/t15-,18-,19-,20+/m0/s1. The van der Waals surface area contributed by atoms with Crippen LogP contribution in [0.4, 0.5) is 5.69 Å². The maximum Gasteiger partial charge on any atom is 0.239 e. The molecule has 4 atom stereocenters. The van der Waals surface area contributed by atoms with Gasteiger partial charge in [0.05, 0.1) is 30.7 Å². The number of fused-ring (bicyclic) bond motifs is 3. The number of amides is 2. The summed E-state index contributed by atoms with van der Waals surface area (Å²) in [5.74, 6) is -1.55. The first-order valence-corrected chi connectivity index (χ1v) is 10.5. The Kier molecular flexibility index (Phi) is 4.64. The molecule has 0 saturated carbocycles. The average molecular weight is 425 g/mol. The molecule has 0 bridgehead atoms. The number of Topliss-reactive ketones (excluding diaryl/α,β-unsaturated/α-hetero) is 1. The van der Waals surface area contributed by atoms with E-state index in [-0.39, 0.29) is 23.6 Å². The number of anilines is 1. The van der Waals surface area contributed by atoms with E-state index in [2.05, 4.69) is 4.90 Å². The molecule has 0 N–H and O–H groups in total. The molecule has 0 spiro atoms. The van der Waals surface area contributed by atoms with E-state index >= 15 is 0 Å². The fourth-order valence-electron chi connectivity index (χ4n) is 5.36. The van der Waals surface area contributed by atoms with Crippen LogP contribution in [0.3, 0.4) is 0 Å².